The topological polar surface area (TPSA) is 122 Å². The highest BCUT2D eigenvalue weighted by Crippen LogP contribution is 2.55. The average molecular weight is 493 g/mol. The lowest BCUT2D eigenvalue weighted by molar-refractivity contribution is -0.126. The minimum absolute atomic E-state index is 0.0141. The van der Waals surface area contributed by atoms with E-state index in [0.29, 0.717) is 50.3 Å². The van der Waals surface area contributed by atoms with Gasteiger partial charge in [-0.2, -0.15) is 9.78 Å². The summed E-state index contributed by atoms with van der Waals surface area (Å²) in [6.07, 6.45) is 8.26. The lowest BCUT2D eigenvalue weighted by Crippen LogP contribution is -2.47. The quantitative estimate of drug-likeness (QED) is 0.415. The lowest BCUT2D eigenvalue weighted by Gasteiger charge is -2.33. The number of carbonyl (C=O) groups is 2. The van der Waals surface area contributed by atoms with Gasteiger partial charge in [0.15, 0.2) is 11.5 Å². The first-order valence-corrected chi connectivity index (χ1v) is 10.9. The molecule has 5 heterocycles. The van der Waals surface area contributed by atoms with Gasteiger partial charge in [0.2, 0.25) is 11.8 Å². The van der Waals surface area contributed by atoms with Crippen molar-refractivity contribution in [3.8, 4) is 18.2 Å². The minimum atomic E-state index is -1.40. The van der Waals surface area contributed by atoms with Crippen LogP contribution in [0.25, 0.3) is 17.0 Å². The van der Waals surface area contributed by atoms with Gasteiger partial charge in [0.25, 0.3) is 0 Å². The molecule has 4 aromatic rings. The maximum Gasteiger partial charge on any atom is 0.243 e. The molecule has 2 amide bonds. The second-order valence-electron chi connectivity index (χ2n) is 8.03. The molecule has 0 unspecified atom stereocenters. The van der Waals surface area contributed by atoms with E-state index in [-0.39, 0.29) is 29.8 Å². The number of terminal acetylenes is 1. The number of fused-ring (bicyclic) bond motifs is 5. The zero-order chi connectivity index (χ0) is 23.8. The molecule has 2 N–H and O–H groups in total. The number of rotatable bonds is 2. The zero-order valence-electron chi connectivity index (χ0n) is 17.6. The molecule has 0 saturated heterocycles. The monoisotopic (exact) mass is 492 g/mol. The Hall–Kier alpha value is -3.94. The van der Waals surface area contributed by atoms with Gasteiger partial charge in [0.1, 0.15) is 23.1 Å². The lowest BCUT2D eigenvalue weighted by atomic mass is 9.70. The van der Waals surface area contributed by atoms with Crippen molar-refractivity contribution in [3.05, 3.63) is 51.7 Å². The predicted molar refractivity (Wildman–Crippen MR) is 125 cm³/mol. The maximum absolute atomic E-state index is 14.0. The fraction of sp³-hybridized carbons (Fsp3) is 0.182. The number of aryl methyl sites for hydroxylation is 1. The number of hydrogen-bond acceptors (Lipinski definition) is 6. The number of aromatic amines is 1. The molecule has 0 fully saturated rings. The fourth-order valence-corrected chi connectivity index (χ4v) is 5.59. The third-order valence-electron chi connectivity index (χ3n) is 6.19. The first kappa shape index (κ1) is 20.7. The van der Waals surface area contributed by atoms with Crippen LogP contribution in [0.3, 0.4) is 0 Å². The summed E-state index contributed by atoms with van der Waals surface area (Å²) < 4.78 is 1.48. The standard InChI is InChI=1S/C22H14Cl2N8O2/c1-3-4-31-17-12(5-11(23)6-13(17)24)22(21(31)34)7-14(33)29-19-15(22)10(2)30-32(19)20-16-18(26-8-25-16)27-9-28-20/h1,5-6,8-9H,4,7H2,2H3,(H,29,33)(H,25,26,27,28)/t22-/m1/s1. The number of halogens is 2. The van der Waals surface area contributed by atoms with Gasteiger partial charge in [-0.15, -0.1) is 6.42 Å². The molecule has 34 heavy (non-hydrogen) atoms. The number of nitrogens with one attached hydrogen (secondary N) is 2. The summed E-state index contributed by atoms with van der Waals surface area (Å²) in [6.45, 7) is 1.75. The SMILES string of the molecule is C#CCN1C(=O)[C@]2(CC(=O)Nc3c2c(C)nn3-c2ncnc3nc[nH]c23)c2cc(Cl)cc(Cl)c21. The molecule has 0 aliphatic carbocycles. The Morgan fingerprint density at radius 2 is 2.06 bits per heavy atom. The number of aromatic nitrogens is 6. The highest BCUT2D eigenvalue weighted by Gasteiger charge is 2.58. The molecule has 1 atom stereocenters. The molecule has 10 nitrogen and oxygen atoms in total. The van der Waals surface area contributed by atoms with Crippen LogP contribution in [0, 0.1) is 19.3 Å². The van der Waals surface area contributed by atoms with Gasteiger partial charge in [-0.3, -0.25) is 14.5 Å². The van der Waals surface area contributed by atoms with E-state index < -0.39 is 5.41 Å². The molecule has 0 radical (unpaired) electrons. The van der Waals surface area contributed by atoms with Gasteiger partial charge >= 0.3 is 0 Å². The van der Waals surface area contributed by atoms with E-state index in [1.807, 2.05) is 0 Å². The van der Waals surface area contributed by atoms with Crippen molar-refractivity contribution in [2.24, 2.45) is 0 Å². The molecule has 0 bridgehead atoms. The highest BCUT2D eigenvalue weighted by atomic mass is 35.5. The first-order valence-electron chi connectivity index (χ1n) is 10.2. The van der Waals surface area contributed by atoms with Crippen molar-refractivity contribution in [3.63, 3.8) is 0 Å². The number of H-pyrrole nitrogens is 1. The van der Waals surface area contributed by atoms with E-state index in [9.17, 15) is 9.59 Å². The van der Waals surface area contributed by atoms with Crippen LogP contribution in [0.1, 0.15) is 23.2 Å². The molecule has 0 saturated carbocycles. The number of nitrogens with zero attached hydrogens (tertiary/aromatic N) is 6. The molecule has 1 spiro atoms. The molecular weight excluding hydrogens is 479 g/mol. The van der Waals surface area contributed by atoms with Crippen LogP contribution in [0.15, 0.2) is 24.8 Å². The fourth-order valence-electron chi connectivity index (χ4n) is 4.99. The second-order valence-corrected chi connectivity index (χ2v) is 8.87. The van der Waals surface area contributed by atoms with E-state index in [0.717, 1.165) is 0 Å². The summed E-state index contributed by atoms with van der Waals surface area (Å²) >= 11 is 12.9. The molecule has 2 aliphatic rings. The third kappa shape index (κ3) is 2.53. The highest BCUT2D eigenvalue weighted by molar-refractivity contribution is 6.38. The Morgan fingerprint density at radius 3 is 2.85 bits per heavy atom. The van der Waals surface area contributed by atoms with Crippen LogP contribution in [0.2, 0.25) is 10.0 Å². The normalized spacial score (nSPS) is 18.8. The Bertz CT molecular complexity index is 1600. The number of anilines is 2. The van der Waals surface area contributed by atoms with Crippen LogP contribution in [0.4, 0.5) is 11.5 Å². The second kappa shape index (κ2) is 7.03. The van der Waals surface area contributed by atoms with Crippen molar-refractivity contribution < 1.29 is 9.59 Å². The molecule has 3 aromatic heterocycles. The number of hydrogen-bond donors (Lipinski definition) is 2. The smallest absolute Gasteiger partial charge is 0.243 e. The van der Waals surface area contributed by atoms with Gasteiger partial charge < -0.3 is 10.3 Å². The van der Waals surface area contributed by atoms with E-state index in [1.165, 1.54) is 22.2 Å². The van der Waals surface area contributed by atoms with Crippen molar-refractivity contribution >= 4 is 57.7 Å². The molecule has 12 heteroatoms. The summed E-state index contributed by atoms with van der Waals surface area (Å²) in [6, 6.07) is 3.21. The van der Waals surface area contributed by atoms with Gasteiger partial charge in [-0.25, -0.2) is 15.0 Å². The van der Waals surface area contributed by atoms with Crippen molar-refractivity contribution in [1.82, 2.24) is 29.7 Å². The molecule has 2 aliphatic heterocycles. The number of amides is 2. The summed E-state index contributed by atoms with van der Waals surface area (Å²) in [5.41, 5.74) is 1.57. The van der Waals surface area contributed by atoms with Crippen molar-refractivity contribution in [2.45, 2.75) is 18.8 Å². The van der Waals surface area contributed by atoms with Gasteiger partial charge in [-0.1, -0.05) is 29.1 Å². The van der Waals surface area contributed by atoms with Gasteiger partial charge in [0, 0.05) is 17.0 Å². The summed E-state index contributed by atoms with van der Waals surface area (Å²) in [5, 5.41) is 8.14. The maximum atomic E-state index is 14.0. The molecule has 1 aromatic carbocycles. The molecule has 168 valence electrons. The Balaban J connectivity index is 1.69. The summed E-state index contributed by atoms with van der Waals surface area (Å²) in [4.78, 5) is 44.2. The average Bonchev–Trinajstić information content (AvgIpc) is 3.46. The molecular formula is C22H14Cl2N8O2. The summed E-state index contributed by atoms with van der Waals surface area (Å²) in [5.74, 6) is 2.47. The first-order chi connectivity index (χ1) is 16.4. The van der Waals surface area contributed by atoms with E-state index in [2.05, 4.69) is 36.3 Å². The molecule has 6 rings (SSSR count). The van der Waals surface area contributed by atoms with Crippen LogP contribution < -0.4 is 10.2 Å². The van der Waals surface area contributed by atoms with Gasteiger partial charge in [-0.05, 0) is 24.6 Å². The van der Waals surface area contributed by atoms with E-state index in [1.54, 1.807) is 19.1 Å². The van der Waals surface area contributed by atoms with Crippen LogP contribution in [0.5, 0.6) is 0 Å². The predicted octanol–water partition coefficient (Wildman–Crippen LogP) is 2.76. The van der Waals surface area contributed by atoms with Crippen LogP contribution in [-0.4, -0.2) is 48.1 Å². The number of benzene rings is 1. The van der Waals surface area contributed by atoms with Crippen molar-refractivity contribution in [2.75, 3.05) is 16.8 Å². The zero-order valence-corrected chi connectivity index (χ0v) is 19.1. The Morgan fingerprint density at radius 1 is 1.24 bits per heavy atom. The van der Waals surface area contributed by atoms with Crippen LogP contribution in [-0.2, 0) is 15.0 Å². The van der Waals surface area contributed by atoms with E-state index in [4.69, 9.17) is 29.6 Å². The van der Waals surface area contributed by atoms with Crippen LogP contribution >= 0.6 is 23.2 Å². The largest absolute Gasteiger partial charge is 0.340 e. The Kier molecular flexibility index (Phi) is 4.27. The minimum Gasteiger partial charge on any atom is -0.340 e. The third-order valence-corrected chi connectivity index (χ3v) is 6.70. The van der Waals surface area contributed by atoms with Crippen molar-refractivity contribution in [1.29, 1.82) is 0 Å². The van der Waals surface area contributed by atoms with Gasteiger partial charge in [0.05, 0.1) is 29.3 Å². The number of imidazole rings is 1. The Labute approximate surface area is 202 Å². The number of carbonyl (C=O) groups excluding carboxylic acids is 2. The van der Waals surface area contributed by atoms with E-state index >= 15 is 0 Å². The summed E-state index contributed by atoms with van der Waals surface area (Å²) in [7, 11) is 0.